The average Bonchev–Trinajstić information content (AvgIpc) is 2.54. The van der Waals surface area contributed by atoms with Crippen LogP contribution in [0.15, 0.2) is 6.07 Å². The highest BCUT2D eigenvalue weighted by Crippen LogP contribution is 2.23. The summed E-state index contributed by atoms with van der Waals surface area (Å²) in [7, 11) is 2.85. The standard InChI is InChI=1S/C9H12N2O4/c1-4-6-7(11(13)14)5-8(10(6)2)9(12)15-3/h5H,4H2,1-3H3. The van der Waals surface area contributed by atoms with Crippen LogP contribution in [0.4, 0.5) is 5.69 Å². The van der Waals surface area contributed by atoms with Gasteiger partial charge in [0, 0.05) is 13.1 Å². The Morgan fingerprint density at radius 2 is 2.27 bits per heavy atom. The molecule has 0 aromatic carbocycles. The smallest absolute Gasteiger partial charge is 0.354 e. The largest absolute Gasteiger partial charge is 0.464 e. The molecule has 15 heavy (non-hydrogen) atoms. The fraction of sp³-hybridized carbons (Fsp3) is 0.444. The average molecular weight is 212 g/mol. The van der Waals surface area contributed by atoms with Gasteiger partial charge in [-0.1, -0.05) is 6.92 Å². The van der Waals surface area contributed by atoms with Gasteiger partial charge in [-0.2, -0.15) is 0 Å². The summed E-state index contributed by atoms with van der Waals surface area (Å²) in [5.41, 5.74) is 0.668. The zero-order valence-corrected chi connectivity index (χ0v) is 8.81. The van der Waals surface area contributed by atoms with E-state index in [1.165, 1.54) is 17.7 Å². The van der Waals surface area contributed by atoms with Crippen LogP contribution in [-0.4, -0.2) is 22.6 Å². The third kappa shape index (κ3) is 1.83. The molecular formula is C9H12N2O4. The van der Waals surface area contributed by atoms with E-state index in [9.17, 15) is 14.9 Å². The number of carbonyl (C=O) groups is 1. The van der Waals surface area contributed by atoms with E-state index in [0.717, 1.165) is 0 Å². The fourth-order valence-corrected chi connectivity index (χ4v) is 1.50. The Labute approximate surface area is 86.6 Å². The monoisotopic (exact) mass is 212 g/mol. The van der Waals surface area contributed by atoms with Crippen molar-refractivity contribution in [1.29, 1.82) is 0 Å². The summed E-state index contributed by atoms with van der Waals surface area (Å²) in [4.78, 5) is 21.5. The number of esters is 1. The second-order valence-electron chi connectivity index (χ2n) is 3.02. The van der Waals surface area contributed by atoms with Crippen molar-refractivity contribution in [1.82, 2.24) is 4.57 Å². The van der Waals surface area contributed by atoms with E-state index in [-0.39, 0.29) is 11.4 Å². The van der Waals surface area contributed by atoms with Crippen molar-refractivity contribution < 1.29 is 14.5 Å². The van der Waals surface area contributed by atoms with Gasteiger partial charge in [0.2, 0.25) is 0 Å². The lowest BCUT2D eigenvalue weighted by atomic mass is 10.3. The number of hydrogen-bond acceptors (Lipinski definition) is 4. The molecule has 1 rings (SSSR count). The van der Waals surface area contributed by atoms with Gasteiger partial charge in [0.1, 0.15) is 5.69 Å². The molecule has 0 aliphatic rings. The molecule has 0 aliphatic heterocycles. The van der Waals surface area contributed by atoms with Crippen molar-refractivity contribution in [2.24, 2.45) is 7.05 Å². The van der Waals surface area contributed by atoms with Crippen LogP contribution >= 0.6 is 0 Å². The number of ether oxygens (including phenoxy) is 1. The van der Waals surface area contributed by atoms with Crippen LogP contribution in [0, 0.1) is 10.1 Å². The van der Waals surface area contributed by atoms with Crippen LogP contribution in [0.5, 0.6) is 0 Å². The molecule has 0 unspecified atom stereocenters. The van der Waals surface area contributed by atoms with Crippen LogP contribution in [0.3, 0.4) is 0 Å². The van der Waals surface area contributed by atoms with Crippen molar-refractivity contribution in [3.8, 4) is 0 Å². The molecule has 0 aliphatic carbocycles. The van der Waals surface area contributed by atoms with Gasteiger partial charge >= 0.3 is 5.97 Å². The van der Waals surface area contributed by atoms with Crippen LogP contribution < -0.4 is 0 Å². The maximum Gasteiger partial charge on any atom is 0.354 e. The lowest BCUT2D eigenvalue weighted by molar-refractivity contribution is -0.385. The number of aromatic nitrogens is 1. The van der Waals surface area contributed by atoms with E-state index in [0.29, 0.717) is 12.1 Å². The molecule has 0 saturated heterocycles. The lowest BCUT2D eigenvalue weighted by Crippen LogP contribution is -2.09. The molecule has 0 spiro atoms. The summed E-state index contributed by atoms with van der Waals surface area (Å²) < 4.78 is 6.02. The third-order valence-electron chi connectivity index (χ3n) is 2.26. The molecule has 1 heterocycles. The predicted octanol–water partition coefficient (Wildman–Crippen LogP) is 1.28. The van der Waals surface area contributed by atoms with Crippen LogP contribution in [-0.2, 0) is 18.2 Å². The second kappa shape index (κ2) is 4.12. The van der Waals surface area contributed by atoms with E-state index in [1.807, 2.05) is 0 Å². The molecule has 1 aromatic rings. The zero-order chi connectivity index (χ0) is 11.6. The first-order valence-corrected chi connectivity index (χ1v) is 4.44. The Kier molecular flexibility index (Phi) is 3.08. The number of rotatable bonds is 3. The summed E-state index contributed by atoms with van der Waals surface area (Å²) in [5.74, 6) is -0.569. The van der Waals surface area contributed by atoms with E-state index >= 15 is 0 Å². The number of carbonyl (C=O) groups excluding carboxylic acids is 1. The molecule has 0 saturated carbocycles. The molecule has 6 heteroatoms. The van der Waals surface area contributed by atoms with E-state index in [2.05, 4.69) is 4.74 Å². The first-order valence-electron chi connectivity index (χ1n) is 4.44. The number of methoxy groups -OCH3 is 1. The summed E-state index contributed by atoms with van der Waals surface area (Å²) in [6.45, 7) is 1.80. The quantitative estimate of drug-likeness (QED) is 0.429. The minimum absolute atomic E-state index is 0.0413. The molecule has 0 atom stereocenters. The molecule has 0 fully saturated rings. The van der Waals surface area contributed by atoms with Crippen molar-refractivity contribution in [2.75, 3.05) is 7.11 Å². The lowest BCUT2D eigenvalue weighted by Gasteiger charge is -2.02. The Morgan fingerprint density at radius 3 is 2.60 bits per heavy atom. The van der Waals surface area contributed by atoms with E-state index < -0.39 is 10.9 Å². The normalized spacial score (nSPS) is 10.1. The highest BCUT2D eigenvalue weighted by Gasteiger charge is 2.23. The van der Waals surface area contributed by atoms with Gasteiger partial charge in [0.15, 0.2) is 0 Å². The Morgan fingerprint density at radius 1 is 1.67 bits per heavy atom. The summed E-state index contributed by atoms with van der Waals surface area (Å²) in [6, 6.07) is 1.24. The number of nitro groups is 1. The third-order valence-corrected chi connectivity index (χ3v) is 2.26. The summed E-state index contributed by atoms with van der Waals surface area (Å²) >= 11 is 0. The van der Waals surface area contributed by atoms with Crippen LogP contribution in [0.1, 0.15) is 23.1 Å². The predicted molar refractivity (Wildman–Crippen MR) is 52.8 cm³/mol. The minimum atomic E-state index is -0.569. The SMILES string of the molecule is CCc1c([N+](=O)[O-])cc(C(=O)OC)n1C. The van der Waals surface area contributed by atoms with Gasteiger partial charge < -0.3 is 9.30 Å². The Balaban J connectivity index is 3.33. The van der Waals surface area contributed by atoms with Gasteiger partial charge in [-0.25, -0.2) is 4.79 Å². The molecule has 0 amide bonds. The first kappa shape index (κ1) is 11.2. The van der Waals surface area contributed by atoms with Gasteiger partial charge in [-0.05, 0) is 6.42 Å². The van der Waals surface area contributed by atoms with Crippen molar-refractivity contribution in [2.45, 2.75) is 13.3 Å². The summed E-state index contributed by atoms with van der Waals surface area (Å²) in [6.07, 6.45) is 0.490. The number of nitrogens with zero attached hydrogens (tertiary/aromatic N) is 2. The molecule has 1 aromatic heterocycles. The summed E-state index contributed by atoms with van der Waals surface area (Å²) in [5, 5.41) is 10.7. The Bertz CT molecular complexity index is 408. The minimum Gasteiger partial charge on any atom is -0.464 e. The highest BCUT2D eigenvalue weighted by atomic mass is 16.6. The topological polar surface area (TPSA) is 74.4 Å². The molecule has 6 nitrogen and oxygen atoms in total. The van der Waals surface area contributed by atoms with Crippen LogP contribution in [0.2, 0.25) is 0 Å². The number of hydrogen-bond donors (Lipinski definition) is 0. The van der Waals surface area contributed by atoms with Crippen molar-refractivity contribution >= 4 is 11.7 Å². The van der Waals surface area contributed by atoms with Crippen molar-refractivity contribution in [3.63, 3.8) is 0 Å². The fourth-order valence-electron chi connectivity index (χ4n) is 1.50. The maximum atomic E-state index is 11.3. The van der Waals surface area contributed by atoms with Gasteiger partial charge in [0.25, 0.3) is 5.69 Å². The maximum absolute atomic E-state index is 11.3. The first-order chi connectivity index (χ1) is 7.02. The van der Waals surface area contributed by atoms with E-state index in [4.69, 9.17) is 0 Å². The van der Waals surface area contributed by atoms with Gasteiger partial charge in [-0.3, -0.25) is 10.1 Å². The van der Waals surface area contributed by atoms with E-state index in [1.54, 1.807) is 14.0 Å². The van der Waals surface area contributed by atoms with Crippen LogP contribution in [0.25, 0.3) is 0 Å². The molecule has 82 valence electrons. The van der Waals surface area contributed by atoms with Gasteiger partial charge in [-0.15, -0.1) is 0 Å². The molecule has 0 radical (unpaired) electrons. The van der Waals surface area contributed by atoms with Gasteiger partial charge in [0.05, 0.1) is 17.7 Å². The molecule has 0 N–H and O–H groups in total. The molecular weight excluding hydrogens is 200 g/mol. The Hall–Kier alpha value is -1.85. The zero-order valence-electron chi connectivity index (χ0n) is 8.81. The highest BCUT2D eigenvalue weighted by molar-refractivity contribution is 5.89. The van der Waals surface area contributed by atoms with Crippen molar-refractivity contribution in [3.05, 3.63) is 27.6 Å². The second-order valence-corrected chi connectivity index (χ2v) is 3.02. The molecule has 0 bridgehead atoms.